The van der Waals surface area contributed by atoms with Gasteiger partial charge in [-0.2, -0.15) is 0 Å². The molecule has 1 saturated heterocycles. The largest absolute Gasteiger partial charge is 0.481 e. The lowest BCUT2D eigenvalue weighted by Gasteiger charge is -2.29. The number of nitrogens with zero attached hydrogens (tertiary/aromatic N) is 1. The van der Waals surface area contributed by atoms with Crippen molar-refractivity contribution in [3.8, 4) is 0 Å². The van der Waals surface area contributed by atoms with Gasteiger partial charge >= 0.3 is 12.1 Å². The molecule has 2 unspecified atom stereocenters. The summed E-state index contributed by atoms with van der Waals surface area (Å²) in [7, 11) is 0. The van der Waals surface area contributed by atoms with Crippen molar-refractivity contribution in [1.29, 1.82) is 0 Å². The van der Waals surface area contributed by atoms with Crippen LogP contribution >= 0.6 is 0 Å². The third kappa shape index (κ3) is 3.46. The maximum atomic E-state index is 11.9. The van der Waals surface area contributed by atoms with Gasteiger partial charge in [0.25, 0.3) is 0 Å². The Morgan fingerprint density at radius 3 is 2.83 bits per heavy atom. The molecule has 1 rings (SSSR count). The molecule has 18 heavy (non-hydrogen) atoms. The van der Waals surface area contributed by atoms with Gasteiger partial charge in [-0.1, -0.05) is 19.6 Å². The molecular weight excluding hydrogens is 238 g/mol. The van der Waals surface area contributed by atoms with E-state index in [-0.39, 0.29) is 19.8 Å². The van der Waals surface area contributed by atoms with Crippen molar-refractivity contribution in [2.45, 2.75) is 19.4 Å². The standard InChI is InChI=1S/C12H19NO5/c1-3-5-13(12(16)18-6-4-2)10-8-17-7-9(10)11(14)15/h4,9-10H,2-3,5-8H2,1H3,(H,14,15). The molecule has 2 atom stereocenters. The van der Waals surface area contributed by atoms with Gasteiger partial charge in [0.2, 0.25) is 0 Å². The van der Waals surface area contributed by atoms with Crippen molar-refractivity contribution in [1.82, 2.24) is 4.90 Å². The van der Waals surface area contributed by atoms with E-state index in [9.17, 15) is 9.59 Å². The Bertz CT molecular complexity index is 318. The second kappa shape index (κ2) is 7.00. The van der Waals surface area contributed by atoms with Crippen LogP contribution in [0.3, 0.4) is 0 Å². The van der Waals surface area contributed by atoms with Crippen molar-refractivity contribution in [3.63, 3.8) is 0 Å². The van der Waals surface area contributed by atoms with Gasteiger partial charge in [0.15, 0.2) is 0 Å². The summed E-state index contributed by atoms with van der Waals surface area (Å²) < 4.78 is 10.1. The molecule has 1 N–H and O–H groups in total. The van der Waals surface area contributed by atoms with E-state index >= 15 is 0 Å². The summed E-state index contributed by atoms with van der Waals surface area (Å²) in [6.45, 7) is 6.32. The number of rotatable bonds is 6. The molecule has 6 nitrogen and oxygen atoms in total. The number of aliphatic carboxylic acids is 1. The molecule has 0 aromatic carbocycles. The maximum absolute atomic E-state index is 11.9. The molecule has 102 valence electrons. The summed E-state index contributed by atoms with van der Waals surface area (Å²) >= 11 is 0. The third-order valence-electron chi connectivity index (χ3n) is 2.79. The Balaban J connectivity index is 2.73. The number of carboxylic acids is 1. The minimum absolute atomic E-state index is 0.115. The van der Waals surface area contributed by atoms with Gasteiger partial charge in [0.1, 0.15) is 12.5 Å². The number of carboxylic acid groups (broad SMARTS) is 1. The molecule has 6 heteroatoms. The van der Waals surface area contributed by atoms with E-state index in [4.69, 9.17) is 14.6 Å². The number of ether oxygens (including phenoxy) is 2. The van der Waals surface area contributed by atoms with Crippen LogP contribution in [0.4, 0.5) is 4.79 Å². The highest BCUT2D eigenvalue weighted by molar-refractivity contribution is 5.74. The van der Waals surface area contributed by atoms with Crippen LogP contribution in [0.25, 0.3) is 0 Å². The zero-order valence-electron chi connectivity index (χ0n) is 10.5. The Hall–Kier alpha value is -1.56. The Morgan fingerprint density at radius 1 is 1.56 bits per heavy atom. The highest BCUT2D eigenvalue weighted by atomic mass is 16.6. The number of hydrogen-bond acceptors (Lipinski definition) is 4. The van der Waals surface area contributed by atoms with E-state index in [0.29, 0.717) is 6.54 Å². The van der Waals surface area contributed by atoms with E-state index < -0.39 is 24.0 Å². The topological polar surface area (TPSA) is 76.1 Å². The number of carbonyl (C=O) groups is 2. The molecule has 0 radical (unpaired) electrons. The average Bonchev–Trinajstić information content (AvgIpc) is 2.81. The summed E-state index contributed by atoms with van der Waals surface area (Å²) in [5.74, 6) is -1.64. The first-order valence-corrected chi connectivity index (χ1v) is 5.96. The van der Waals surface area contributed by atoms with E-state index in [0.717, 1.165) is 6.42 Å². The molecule has 0 bridgehead atoms. The molecular formula is C12H19NO5. The maximum Gasteiger partial charge on any atom is 0.410 e. The van der Waals surface area contributed by atoms with Gasteiger partial charge in [-0.3, -0.25) is 4.79 Å². The van der Waals surface area contributed by atoms with Crippen LogP contribution < -0.4 is 0 Å². The summed E-state index contributed by atoms with van der Waals surface area (Å²) in [5.41, 5.74) is 0. The van der Waals surface area contributed by atoms with Gasteiger partial charge in [-0.25, -0.2) is 4.79 Å². The fraction of sp³-hybridized carbons (Fsp3) is 0.667. The highest BCUT2D eigenvalue weighted by Gasteiger charge is 2.40. The Labute approximate surface area is 106 Å². The van der Waals surface area contributed by atoms with E-state index in [1.807, 2.05) is 6.92 Å². The zero-order valence-corrected chi connectivity index (χ0v) is 10.5. The van der Waals surface area contributed by atoms with Gasteiger partial charge in [0.05, 0.1) is 19.3 Å². The van der Waals surface area contributed by atoms with Gasteiger partial charge in [-0.05, 0) is 6.42 Å². The summed E-state index contributed by atoms with van der Waals surface area (Å²) in [6, 6.07) is -0.459. The van der Waals surface area contributed by atoms with Crippen LogP contribution in [0, 0.1) is 5.92 Å². The molecule has 0 spiro atoms. The molecule has 1 heterocycles. The van der Waals surface area contributed by atoms with Crippen LogP contribution in [0.15, 0.2) is 12.7 Å². The summed E-state index contributed by atoms with van der Waals surface area (Å²) in [5, 5.41) is 9.08. The van der Waals surface area contributed by atoms with Crippen molar-refractivity contribution < 1.29 is 24.2 Å². The van der Waals surface area contributed by atoms with Gasteiger partial charge < -0.3 is 19.5 Å². The first-order chi connectivity index (χ1) is 8.61. The smallest absolute Gasteiger partial charge is 0.410 e. The molecule has 0 saturated carbocycles. The number of amides is 1. The van der Waals surface area contributed by atoms with Crippen LogP contribution in [0.5, 0.6) is 0 Å². The SMILES string of the molecule is C=CCOC(=O)N(CCC)C1COCC1C(=O)O. The normalized spacial score (nSPS) is 22.5. The Kier molecular flexibility index (Phi) is 5.64. The highest BCUT2D eigenvalue weighted by Crippen LogP contribution is 2.21. The Morgan fingerprint density at radius 2 is 2.28 bits per heavy atom. The van der Waals surface area contributed by atoms with E-state index in [1.54, 1.807) is 0 Å². The third-order valence-corrected chi connectivity index (χ3v) is 2.79. The van der Waals surface area contributed by atoms with Crippen molar-refractivity contribution in [2.24, 2.45) is 5.92 Å². The molecule has 1 fully saturated rings. The molecule has 0 aromatic rings. The predicted molar refractivity (Wildman–Crippen MR) is 64.3 cm³/mol. The molecule has 0 aliphatic carbocycles. The lowest BCUT2D eigenvalue weighted by atomic mass is 10.0. The minimum Gasteiger partial charge on any atom is -0.481 e. The van der Waals surface area contributed by atoms with Crippen molar-refractivity contribution >= 4 is 12.1 Å². The number of hydrogen-bond donors (Lipinski definition) is 1. The van der Waals surface area contributed by atoms with Crippen LogP contribution in [0.2, 0.25) is 0 Å². The lowest BCUT2D eigenvalue weighted by Crippen LogP contribution is -2.47. The zero-order chi connectivity index (χ0) is 13.5. The second-order valence-electron chi connectivity index (χ2n) is 4.11. The fourth-order valence-corrected chi connectivity index (χ4v) is 1.93. The van der Waals surface area contributed by atoms with Gasteiger partial charge in [-0.15, -0.1) is 0 Å². The van der Waals surface area contributed by atoms with Crippen LogP contribution in [-0.4, -0.2) is 54.5 Å². The van der Waals surface area contributed by atoms with Crippen molar-refractivity contribution in [3.05, 3.63) is 12.7 Å². The summed E-state index contributed by atoms with van der Waals surface area (Å²) in [4.78, 5) is 24.4. The molecule has 1 amide bonds. The predicted octanol–water partition coefficient (Wildman–Crippen LogP) is 1.12. The van der Waals surface area contributed by atoms with Gasteiger partial charge in [0, 0.05) is 6.54 Å². The van der Waals surface area contributed by atoms with E-state index in [1.165, 1.54) is 11.0 Å². The number of carbonyl (C=O) groups excluding carboxylic acids is 1. The summed E-state index contributed by atoms with van der Waals surface area (Å²) in [6.07, 6.45) is 1.69. The molecule has 1 aliphatic heterocycles. The minimum atomic E-state index is -0.949. The molecule has 1 aliphatic rings. The fourth-order valence-electron chi connectivity index (χ4n) is 1.93. The van der Waals surface area contributed by atoms with E-state index in [2.05, 4.69) is 6.58 Å². The van der Waals surface area contributed by atoms with Crippen LogP contribution in [-0.2, 0) is 14.3 Å². The monoisotopic (exact) mass is 257 g/mol. The molecule has 0 aromatic heterocycles. The average molecular weight is 257 g/mol. The first kappa shape index (κ1) is 14.5. The van der Waals surface area contributed by atoms with Crippen molar-refractivity contribution in [2.75, 3.05) is 26.4 Å². The quantitative estimate of drug-likeness (QED) is 0.722. The second-order valence-corrected chi connectivity index (χ2v) is 4.11. The first-order valence-electron chi connectivity index (χ1n) is 5.96. The lowest BCUT2D eigenvalue weighted by molar-refractivity contribution is -0.142. The van der Waals surface area contributed by atoms with Crippen LogP contribution in [0.1, 0.15) is 13.3 Å².